The van der Waals surface area contributed by atoms with Crippen molar-refractivity contribution in [3.63, 3.8) is 0 Å². The molecule has 3 atom stereocenters. The van der Waals surface area contributed by atoms with Crippen LogP contribution in [0.5, 0.6) is 0 Å². The monoisotopic (exact) mass is 372 g/mol. The molecule has 1 heterocycles. The van der Waals surface area contributed by atoms with Crippen LogP contribution in [-0.2, 0) is 12.0 Å². The molecule has 2 aromatic rings. The van der Waals surface area contributed by atoms with E-state index in [4.69, 9.17) is 0 Å². The minimum absolute atomic E-state index is 0.323. The van der Waals surface area contributed by atoms with Gasteiger partial charge in [0.1, 0.15) is 0 Å². The highest BCUT2D eigenvalue weighted by atomic mass is 15.1. The molecule has 1 aliphatic carbocycles. The fourth-order valence-electron chi connectivity index (χ4n) is 5.92. The molecule has 146 valence electrons. The Morgan fingerprint density at radius 2 is 1.57 bits per heavy atom. The molecule has 2 heteroatoms. The van der Waals surface area contributed by atoms with Crippen LogP contribution in [0.2, 0.25) is 0 Å². The van der Waals surface area contributed by atoms with E-state index < -0.39 is 0 Å². The molecule has 0 radical (unpaired) electrons. The molecule has 28 heavy (non-hydrogen) atoms. The lowest BCUT2D eigenvalue weighted by molar-refractivity contribution is 0.103. The maximum absolute atomic E-state index is 10.6. The van der Waals surface area contributed by atoms with Crippen LogP contribution in [0.25, 0.3) is 0 Å². The summed E-state index contributed by atoms with van der Waals surface area (Å²) >= 11 is 0. The highest BCUT2D eigenvalue weighted by Crippen LogP contribution is 2.52. The van der Waals surface area contributed by atoms with Gasteiger partial charge in [0.2, 0.25) is 0 Å². The molecule has 2 nitrogen and oxygen atoms in total. The molecular weight excluding hydrogens is 340 g/mol. The van der Waals surface area contributed by atoms with E-state index >= 15 is 0 Å². The summed E-state index contributed by atoms with van der Waals surface area (Å²) in [5, 5.41) is 10.6. The lowest BCUT2D eigenvalue weighted by Crippen LogP contribution is -2.47. The number of nitrogens with zero attached hydrogens (tertiary/aromatic N) is 2. The van der Waals surface area contributed by atoms with Gasteiger partial charge in [0.25, 0.3) is 0 Å². The zero-order valence-electron chi connectivity index (χ0n) is 17.1. The van der Waals surface area contributed by atoms with Crippen molar-refractivity contribution < 1.29 is 0 Å². The molecule has 0 amide bonds. The van der Waals surface area contributed by atoms with E-state index in [-0.39, 0.29) is 5.41 Å². The molecule has 0 aromatic heterocycles. The number of likely N-dealkylation sites (tertiary alicyclic amines) is 1. The average molecular weight is 373 g/mol. The molecule has 4 rings (SSSR count). The Labute approximate surface area is 170 Å². The van der Waals surface area contributed by atoms with Crippen molar-refractivity contribution in [1.82, 2.24) is 4.90 Å². The molecule has 1 unspecified atom stereocenters. The fourth-order valence-corrected chi connectivity index (χ4v) is 5.92. The maximum atomic E-state index is 10.6. The third-order valence-electron chi connectivity index (χ3n) is 7.36. The number of piperidine rings is 1. The van der Waals surface area contributed by atoms with Crippen LogP contribution in [0.3, 0.4) is 0 Å². The Balaban J connectivity index is 1.56. The molecule has 2 fully saturated rings. The summed E-state index contributed by atoms with van der Waals surface area (Å²) in [6.45, 7) is 5.59. The largest absolute Gasteiger partial charge is 0.299 e. The normalized spacial score (nSPS) is 25.9. The lowest BCUT2D eigenvalue weighted by Gasteiger charge is -2.45. The number of nitriles is 1. The minimum Gasteiger partial charge on any atom is -0.299 e. The summed E-state index contributed by atoms with van der Waals surface area (Å²) in [7, 11) is 0. The number of hydrogen-bond acceptors (Lipinski definition) is 2. The van der Waals surface area contributed by atoms with Crippen LogP contribution in [0.1, 0.15) is 50.2 Å². The highest BCUT2D eigenvalue weighted by molar-refractivity contribution is 5.36. The van der Waals surface area contributed by atoms with E-state index in [0.29, 0.717) is 17.8 Å². The minimum atomic E-state index is -0.323. The Morgan fingerprint density at radius 1 is 0.929 bits per heavy atom. The van der Waals surface area contributed by atoms with Gasteiger partial charge in [0.15, 0.2) is 0 Å². The molecule has 0 N–H and O–H groups in total. The van der Waals surface area contributed by atoms with Crippen LogP contribution >= 0.6 is 0 Å². The summed E-state index contributed by atoms with van der Waals surface area (Å²) in [5.41, 5.74) is 2.33. The van der Waals surface area contributed by atoms with Crippen LogP contribution < -0.4 is 0 Å². The third-order valence-corrected chi connectivity index (χ3v) is 7.36. The van der Waals surface area contributed by atoms with Gasteiger partial charge in [0, 0.05) is 6.54 Å². The average Bonchev–Trinajstić information content (AvgIpc) is 3.18. The van der Waals surface area contributed by atoms with Gasteiger partial charge < -0.3 is 0 Å². The summed E-state index contributed by atoms with van der Waals surface area (Å²) in [4.78, 5) is 2.57. The van der Waals surface area contributed by atoms with Crippen molar-refractivity contribution in [3.05, 3.63) is 71.8 Å². The van der Waals surface area contributed by atoms with Gasteiger partial charge >= 0.3 is 0 Å². The Bertz CT molecular complexity index is 786. The zero-order valence-corrected chi connectivity index (χ0v) is 17.1. The van der Waals surface area contributed by atoms with Crippen molar-refractivity contribution in [3.8, 4) is 6.07 Å². The van der Waals surface area contributed by atoms with Gasteiger partial charge in [-0.05, 0) is 61.2 Å². The predicted molar refractivity (Wildman–Crippen MR) is 115 cm³/mol. The van der Waals surface area contributed by atoms with Crippen molar-refractivity contribution >= 4 is 0 Å². The second-order valence-corrected chi connectivity index (χ2v) is 8.90. The summed E-state index contributed by atoms with van der Waals surface area (Å²) < 4.78 is 0. The number of benzene rings is 2. The zero-order chi connectivity index (χ0) is 19.4. The van der Waals surface area contributed by atoms with Gasteiger partial charge in [-0.3, -0.25) is 4.90 Å². The molecular formula is C26H32N2. The van der Waals surface area contributed by atoms with E-state index in [9.17, 15) is 5.26 Å². The smallest absolute Gasteiger partial charge is 0.0881 e. The fraction of sp³-hybridized carbons (Fsp3) is 0.500. The summed E-state index contributed by atoms with van der Waals surface area (Å²) in [6, 6.07) is 24.4. The second-order valence-electron chi connectivity index (χ2n) is 8.90. The summed E-state index contributed by atoms with van der Waals surface area (Å²) in [5.74, 6) is 1.59. The number of hydrogen-bond donors (Lipinski definition) is 0. The summed E-state index contributed by atoms with van der Waals surface area (Å²) in [6.07, 6.45) is 5.99. The van der Waals surface area contributed by atoms with E-state index in [0.717, 1.165) is 32.5 Å². The van der Waals surface area contributed by atoms with Gasteiger partial charge in [-0.25, -0.2) is 0 Å². The molecule has 1 saturated carbocycles. The first-order valence-electron chi connectivity index (χ1n) is 11.0. The van der Waals surface area contributed by atoms with E-state index in [1.54, 1.807) is 0 Å². The molecule has 0 bridgehead atoms. The predicted octanol–water partition coefficient (Wildman–Crippen LogP) is 5.80. The van der Waals surface area contributed by atoms with Gasteiger partial charge in [-0.1, -0.05) is 80.4 Å². The van der Waals surface area contributed by atoms with Crippen LogP contribution in [0.4, 0.5) is 0 Å². The van der Waals surface area contributed by atoms with Crippen LogP contribution in [0.15, 0.2) is 60.7 Å². The van der Waals surface area contributed by atoms with Crippen molar-refractivity contribution in [2.75, 3.05) is 13.1 Å². The first kappa shape index (κ1) is 19.2. The topological polar surface area (TPSA) is 27.0 Å². The van der Waals surface area contributed by atoms with E-state index in [2.05, 4.69) is 78.6 Å². The standard InChI is InChI=1S/C26H32N2/c1-21-9-8-14-25(21)26(20-27,23-12-6-3-7-13-23)24-15-17-28(18-16-24)19-22-10-4-2-5-11-22/h2-7,10-13,21,24-25H,8-9,14-19H2,1H3/t21-,25-,26?/m0/s1. The van der Waals surface area contributed by atoms with E-state index in [1.807, 2.05) is 0 Å². The highest BCUT2D eigenvalue weighted by Gasteiger charge is 2.50. The third kappa shape index (κ3) is 3.61. The second kappa shape index (κ2) is 8.50. The maximum Gasteiger partial charge on any atom is 0.0881 e. The van der Waals surface area contributed by atoms with E-state index in [1.165, 1.54) is 30.4 Å². The molecule has 1 saturated heterocycles. The Kier molecular flexibility index (Phi) is 5.83. The first-order chi connectivity index (χ1) is 13.7. The first-order valence-corrected chi connectivity index (χ1v) is 11.0. The molecule has 2 aromatic carbocycles. The van der Waals surface area contributed by atoms with Gasteiger partial charge in [-0.2, -0.15) is 5.26 Å². The number of rotatable bonds is 5. The van der Waals surface area contributed by atoms with Gasteiger partial charge in [0.05, 0.1) is 11.5 Å². The SMILES string of the molecule is C[C@H]1CCC[C@@H]1C(C#N)(c1ccccc1)C1CCN(Cc2ccccc2)CC1. The van der Waals surface area contributed by atoms with Crippen molar-refractivity contribution in [1.29, 1.82) is 5.26 Å². The van der Waals surface area contributed by atoms with Gasteiger partial charge in [-0.15, -0.1) is 0 Å². The molecule has 0 spiro atoms. The quantitative estimate of drug-likeness (QED) is 0.663. The van der Waals surface area contributed by atoms with Crippen LogP contribution in [-0.4, -0.2) is 18.0 Å². The Morgan fingerprint density at radius 3 is 2.14 bits per heavy atom. The Hall–Kier alpha value is -2.11. The van der Waals surface area contributed by atoms with Crippen LogP contribution in [0, 0.1) is 29.1 Å². The van der Waals surface area contributed by atoms with Crippen molar-refractivity contribution in [2.24, 2.45) is 17.8 Å². The van der Waals surface area contributed by atoms with Crippen molar-refractivity contribution in [2.45, 2.75) is 51.0 Å². The molecule has 1 aliphatic heterocycles. The lowest BCUT2D eigenvalue weighted by atomic mass is 9.58. The molecule has 2 aliphatic rings.